The van der Waals surface area contributed by atoms with Crippen LogP contribution in [0, 0.1) is 11.7 Å². The van der Waals surface area contributed by atoms with Crippen molar-refractivity contribution in [1.29, 1.82) is 0 Å². The van der Waals surface area contributed by atoms with Gasteiger partial charge in [0.2, 0.25) is 0 Å². The number of halogens is 2. The Kier molecular flexibility index (Phi) is 10.0. The Bertz CT molecular complexity index is 512. The van der Waals surface area contributed by atoms with E-state index in [-0.39, 0.29) is 35.9 Å². The van der Waals surface area contributed by atoms with Crippen molar-refractivity contribution in [2.24, 2.45) is 10.9 Å². The molecule has 2 rings (SSSR count). The molecule has 136 valence electrons. The zero-order chi connectivity index (χ0) is 16.5. The molecule has 0 radical (unpaired) electrons. The lowest BCUT2D eigenvalue weighted by molar-refractivity contribution is 0.129. The first-order chi connectivity index (χ1) is 11.2. The normalized spacial score (nSPS) is 15.4. The minimum absolute atomic E-state index is 0. The Hall–Kier alpha value is -1.09. The van der Waals surface area contributed by atoms with Crippen LogP contribution in [0.4, 0.5) is 4.39 Å². The van der Waals surface area contributed by atoms with Gasteiger partial charge in [0, 0.05) is 26.3 Å². The molecule has 0 aliphatic heterocycles. The van der Waals surface area contributed by atoms with Crippen molar-refractivity contribution in [3.63, 3.8) is 0 Å². The van der Waals surface area contributed by atoms with E-state index in [1.165, 1.54) is 25.0 Å². The van der Waals surface area contributed by atoms with E-state index in [1.807, 2.05) is 6.92 Å². The van der Waals surface area contributed by atoms with E-state index < -0.39 is 0 Å². The molecule has 5 nitrogen and oxygen atoms in total. The van der Waals surface area contributed by atoms with Crippen LogP contribution >= 0.6 is 24.0 Å². The SMILES string of the molecule is CN=C(NCCOCC1CC1)NCC(C)Oc1cccc(F)c1.I. The van der Waals surface area contributed by atoms with Crippen LogP contribution in [0.5, 0.6) is 5.75 Å². The second-order valence-electron chi connectivity index (χ2n) is 5.78. The van der Waals surface area contributed by atoms with E-state index in [9.17, 15) is 4.39 Å². The molecular weight excluding hydrogens is 424 g/mol. The average molecular weight is 451 g/mol. The Balaban J connectivity index is 0.00000288. The molecule has 1 unspecified atom stereocenters. The van der Waals surface area contributed by atoms with E-state index in [1.54, 1.807) is 19.2 Å². The second kappa shape index (κ2) is 11.5. The van der Waals surface area contributed by atoms with Gasteiger partial charge in [0.25, 0.3) is 0 Å². The molecular formula is C17H27FIN3O2. The number of aliphatic imine (C=N–C) groups is 1. The van der Waals surface area contributed by atoms with Gasteiger partial charge in [0.1, 0.15) is 17.7 Å². The molecule has 0 heterocycles. The number of hydrogen-bond donors (Lipinski definition) is 2. The molecule has 2 N–H and O–H groups in total. The summed E-state index contributed by atoms with van der Waals surface area (Å²) in [7, 11) is 1.72. The third kappa shape index (κ3) is 8.68. The highest BCUT2D eigenvalue weighted by Gasteiger charge is 2.20. The van der Waals surface area contributed by atoms with Gasteiger partial charge >= 0.3 is 0 Å². The first-order valence-corrected chi connectivity index (χ1v) is 8.12. The smallest absolute Gasteiger partial charge is 0.191 e. The molecule has 0 amide bonds. The van der Waals surface area contributed by atoms with Gasteiger partial charge in [-0.3, -0.25) is 4.99 Å². The molecule has 0 spiro atoms. The number of ether oxygens (including phenoxy) is 2. The Labute approximate surface area is 160 Å². The lowest BCUT2D eigenvalue weighted by Gasteiger charge is -2.17. The van der Waals surface area contributed by atoms with Crippen molar-refractivity contribution >= 4 is 29.9 Å². The molecule has 1 aromatic carbocycles. The van der Waals surface area contributed by atoms with Crippen LogP contribution in [0.25, 0.3) is 0 Å². The van der Waals surface area contributed by atoms with Gasteiger partial charge in [0.05, 0.1) is 13.2 Å². The van der Waals surface area contributed by atoms with Crippen molar-refractivity contribution < 1.29 is 13.9 Å². The maximum Gasteiger partial charge on any atom is 0.191 e. The fraction of sp³-hybridized carbons (Fsp3) is 0.588. The largest absolute Gasteiger partial charge is 0.489 e. The van der Waals surface area contributed by atoms with Gasteiger partial charge < -0.3 is 20.1 Å². The Morgan fingerprint density at radius 2 is 2.17 bits per heavy atom. The third-order valence-electron chi connectivity index (χ3n) is 3.50. The lowest BCUT2D eigenvalue weighted by Crippen LogP contribution is -2.42. The second-order valence-corrected chi connectivity index (χ2v) is 5.78. The van der Waals surface area contributed by atoms with Crippen LogP contribution in [0.2, 0.25) is 0 Å². The molecule has 0 saturated heterocycles. The number of nitrogens with one attached hydrogen (secondary N) is 2. The van der Waals surface area contributed by atoms with Crippen LogP contribution in [-0.4, -0.2) is 45.4 Å². The predicted octanol–water partition coefficient (Wildman–Crippen LogP) is 2.80. The van der Waals surface area contributed by atoms with Gasteiger partial charge in [-0.25, -0.2) is 4.39 Å². The van der Waals surface area contributed by atoms with E-state index in [0.717, 1.165) is 12.5 Å². The minimum atomic E-state index is -0.300. The summed E-state index contributed by atoms with van der Waals surface area (Å²) in [6.07, 6.45) is 2.50. The molecule has 0 bridgehead atoms. The first kappa shape index (κ1) is 21.0. The van der Waals surface area contributed by atoms with E-state index in [4.69, 9.17) is 9.47 Å². The molecule has 24 heavy (non-hydrogen) atoms. The lowest BCUT2D eigenvalue weighted by atomic mass is 10.3. The molecule has 1 atom stereocenters. The third-order valence-corrected chi connectivity index (χ3v) is 3.50. The maximum atomic E-state index is 13.1. The van der Waals surface area contributed by atoms with E-state index >= 15 is 0 Å². The van der Waals surface area contributed by atoms with Crippen molar-refractivity contribution in [2.45, 2.75) is 25.9 Å². The summed E-state index contributed by atoms with van der Waals surface area (Å²) in [6.45, 7) is 4.74. The summed E-state index contributed by atoms with van der Waals surface area (Å²) in [5, 5.41) is 6.37. The van der Waals surface area contributed by atoms with Crippen molar-refractivity contribution in [3.8, 4) is 5.75 Å². The molecule has 7 heteroatoms. The highest BCUT2D eigenvalue weighted by molar-refractivity contribution is 14.0. The summed E-state index contributed by atoms with van der Waals surface area (Å²) in [6, 6.07) is 6.14. The molecule has 1 aromatic rings. The van der Waals surface area contributed by atoms with Crippen LogP contribution in [0.3, 0.4) is 0 Å². The Morgan fingerprint density at radius 3 is 2.83 bits per heavy atom. The summed E-state index contributed by atoms with van der Waals surface area (Å²) in [5.41, 5.74) is 0. The quantitative estimate of drug-likeness (QED) is 0.263. The topological polar surface area (TPSA) is 54.9 Å². The minimum Gasteiger partial charge on any atom is -0.489 e. The van der Waals surface area contributed by atoms with E-state index in [2.05, 4.69) is 15.6 Å². The molecule has 1 aliphatic carbocycles. The van der Waals surface area contributed by atoms with Gasteiger partial charge in [-0.05, 0) is 37.8 Å². The van der Waals surface area contributed by atoms with Gasteiger partial charge in [0.15, 0.2) is 5.96 Å². The monoisotopic (exact) mass is 451 g/mol. The van der Waals surface area contributed by atoms with Gasteiger partial charge in [-0.1, -0.05) is 6.07 Å². The van der Waals surface area contributed by atoms with Crippen LogP contribution in [-0.2, 0) is 4.74 Å². The van der Waals surface area contributed by atoms with Crippen LogP contribution in [0.15, 0.2) is 29.3 Å². The summed E-state index contributed by atoms with van der Waals surface area (Å²) >= 11 is 0. The number of benzene rings is 1. The molecule has 1 saturated carbocycles. The summed E-state index contributed by atoms with van der Waals surface area (Å²) < 4.78 is 24.3. The van der Waals surface area contributed by atoms with Crippen molar-refractivity contribution in [3.05, 3.63) is 30.1 Å². The average Bonchev–Trinajstić information content (AvgIpc) is 3.34. The Morgan fingerprint density at radius 1 is 1.38 bits per heavy atom. The number of hydrogen-bond acceptors (Lipinski definition) is 3. The first-order valence-electron chi connectivity index (χ1n) is 8.12. The number of rotatable bonds is 9. The summed E-state index contributed by atoms with van der Waals surface area (Å²) in [5.74, 6) is 1.71. The predicted molar refractivity (Wildman–Crippen MR) is 105 cm³/mol. The van der Waals surface area contributed by atoms with Gasteiger partial charge in [-0.15, -0.1) is 24.0 Å². The van der Waals surface area contributed by atoms with Crippen LogP contribution < -0.4 is 15.4 Å². The zero-order valence-electron chi connectivity index (χ0n) is 14.3. The number of guanidine groups is 1. The van der Waals surface area contributed by atoms with Crippen molar-refractivity contribution in [2.75, 3.05) is 33.4 Å². The molecule has 0 aromatic heterocycles. The summed E-state index contributed by atoms with van der Waals surface area (Å²) in [4.78, 5) is 4.15. The fourth-order valence-corrected chi connectivity index (χ4v) is 2.05. The highest BCUT2D eigenvalue weighted by atomic mass is 127. The van der Waals surface area contributed by atoms with E-state index in [0.29, 0.717) is 31.4 Å². The van der Waals surface area contributed by atoms with Gasteiger partial charge in [-0.2, -0.15) is 0 Å². The standard InChI is InChI=1S/C17H26FN3O2.HI/c1-13(23-16-5-3-4-15(18)10-16)11-21-17(19-2)20-8-9-22-12-14-6-7-14;/h3-5,10,13-14H,6-9,11-12H2,1-2H3,(H2,19,20,21);1H. The van der Waals surface area contributed by atoms with Crippen molar-refractivity contribution in [1.82, 2.24) is 10.6 Å². The highest BCUT2D eigenvalue weighted by Crippen LogP contribution is 2.28. The molecule has 1 fully saturated rings. The van der Waals surface area contributed by atoms with Crippen LogP contribution in [0.1, 0.15) is 19.8 Å². The fourth-order valence-electron chi connectivity index (χ4n) is 2.05. The zero-order valence-corrected chi connectivity index (χ0v) is 16.6. The number of nitrogens with zero attached hydrogens (tertiary/aromatic N) is 1. The molecule has 1 aliphatic rings. The maximum absolute atomic E-state index is 13.1.